The van der Waals surface area contributed by atoms with Crippen molar-refractivity contribution in [1.29, 1.82) is 0 Å². The predicted octanol–water partition coefficient (Wildman–Crippen LogP) is 3.55. The van der Waals surface area contributed by atoms with Gasteiger partial charge in [-0.15, -0.1) is 5.10 Å². The highest BCUT2D eigenvalue weighted by Crippen LogP contribution is 2.19. The molecule has 122 valence electrons. The zero-order valence-electron chi connectivity index (χ0n) is 12.6. The lowest BCUT2D eigenvalue weighted by molar-refractivity contribution is 0.414. The summed E-state index contributed by atoms with van der Waals surface area (Å²) in [4.78, 5) is 0. The van der Waals surface area contributed by atoms with Gasteiger partial charge in [-0.25, -0.2) is 4.39 Å². The number of halogens is 2. The second-order valence-corrected chi connectivity index (χ2v) is 5.16. The number of hydrogen-bond donors (Lipinski definition) is 1. The average Bonchev–Trinajstić information content (AvgIpc) is 3.06. The molecule has 0 saturated carbocycles. The van der Waals surface area contributed by atoms with Crippen molar-refractivity contribution in [3.05, 3.63) is 65.3 Å². The minimum atomic E-state index is -0.463. The Bertz CT molecular complexity index is 863. The maximum atomic E-state index is 13.1. The highest BCUT2D eigenvalue weighted by molar-refractivity contribution is 6.31. The molecule has 0 aliphatic carbocycles. The van der Waals surface area contributed by atoms with Crippen molar-refractivity contribution in [2.75, 3.05) is 12.4 Å². The van der Waals surface area contributed by atoms with Crippen LogP contribution in [-0.2, 0) is 0 Å². The van der Waals surface area contributed by atoms with E-state index in [2.05, 4.69) is 20.8 Å². The Morgan fingerprint density at radius 1 is 1.21 bits per heavy atom. The first-order chi connectivity index (χ1) is 11.7. The lowest BCUT2D eigenvalue weighted by Gasteiger charge is -2.04. The van der Waals surface area contributed by atoms with E-state index >= 15 is 0 Å². The van der Waals surface area contributed by atoms with Gasteiger partial charge in [-0.1, -0.05) is 11.6 Å². The molecular weight excluding hydrogens is 333 g/mol. The Labute approximate surface area is 142 Å². The maximum Gasteiger partial charge on any atom is 0.181 e. The third-order valence-corrected chi connectivity index (χ3v) is 3.50. The third-order valence-electron chi connectivity index (χ3n) is 3.21. The van der Waals surface area contributed by atoms with Crippen LogP contribution in [0.5, 0.6) is 5.75 Å². The Morgan fingerprint density at radius 2 is 2.00 bits per heavy atom. The second-order valence-electron chi connectivity index (χ2n) is 4.75. The van der Waals surface area contributed by atoms with Crippen LogP contribution in [0, 0.1) is 5.82 Å². The van der Waals surface area contributed by atoms with Crippen LogP contribution < -0.4 is 10.1 Å². The highest BCUT2D eigenvalue weighted by Gasteiger charge is 2.05. The van der Waals surface area contributed by atoms with Gasteiger partial charge in [-0.2, -0.15) is 4.68 Å². The van der Waals surface area contributed by atoms with Gasteiger partial charge in [0.15, 0.2) is 5.82 Å². The Balaban J connectivity index is 1.76. The van der Waals surface area contributed by atoms with Crippen LogP contribution in [0.1, 0.15) is 5.82 Å². The van der Waals surface area contributed by atoms with Gasteiger partial charge in [0.1, 0.15) is 11.6 Å². The van der Waals surface area contributed by atoms with Crippen LogP contribution in [0.15, 0.2) is 48.7 Å². The molecule has 6 nitrogen and oxygen atoms in total. The minimum absolute atomic E-state index is 0.0523. The number of aromatic nitrogens is 4. The first kappa shape index (κ1) is 15.9. The molecule has 0 spiro atoms. The van der Waals surface area contributed by atoms with Crippen molar-refractivity contribution in [1.82, 2.24) is 20.2 Å². The fourth-order valence-corrected chi connectivity index (χ4v) is 2.18. The van der Waals surface area contributed by atoms with E-state index in [1.165, 1.54) is 12.1 Å². The smallest absolute Gasteiger partial charge is 0.181 e. The molecule has 0 amide bonds. The lowest BCUT2D eigenvalue weighted by Crippen LogP contribution is -2.00. The van der Waals surface area contributed by atoms with Crippen LogP contribution in [0.3, 0.4) is 0 Å². The summed E-state index contributed by atoms with van der Waals surface area (Å²) < 4.78 is 19.8. The van der Waals surface area contributed by atoms with Gasteiger partial charge in [0.05, 0.1) is 17.8 Å². The summed E-state index contributed by atoms with van der Waals surface area (Å²) >= 11 is 5.74. The number of benzene rings is 2. The van der Waals surface area contributed by atoms with E-state index in [9.17, 15) is 4.39 Å². The molecule has 8 heteroatoms. The topological polar surface area (TPSA) is 64.9 Å². The quantitative estimate of drug-likeness (QED) is 0.766. The fourth-order valence-electron chi connectivity index (χ4n) is 2.00. The predicted molar refractivity (Wildman–Crippen MR) is 89.8 cm³/mol. The number of ether oxygens (including phenoxy) is 1. The van der Waals surface area contributed by atoms with E-state index in [4.69, 9.17) is 16.3 Å². The Kier molecular flexibility index (Phi) is 4.72. The molecule has 1 aromatic heterocycles. The Hall–Kier alpha value is -2.93. The molecule has 3 aromatic rings. The molecule has 0 fully saturated rings. The molecule has 0 unspecified atom stereocenters. The summed E-state index contributed by atoms with van der Waals surface area (Å²) in [5.74, 6) is 0.814. The normalized spacial score (nSPS) is 11.0. The van der Waals surface area contributed by atoms with Crippen LogP contribution in [0.2, 0.25) is 5.02 Å². The molecule has 0 aliphatic heterocycles. The highest BCUT2D eigenvalue weighted by atomic mass is 35.5. The zero-order chi connectivity index (χ0) is 16.9. The average molecular weight is 346 g/mol. The van der Waals surface area contributed by atoms with Gasteiger partial charge in [-0.05, 0) is 52.9 Å². The number of hydrogen-bond acceptors (Lipinski definition) is 5. The molecule has 0 aliphatic rings. The van der Waals surface area contributed by atoms with Crippen molar-refractivity contribution in [3.63, 3.8) is 0 Å². The molecule has 0 radical (unpaired) electrons. The van der Waals surface area contributed by atoms with Gasteiger partial charge in [-0.3, -0.25) is 0 Å². The van der Waals surface area contributed by atoms with Crippen molar-refractivity contribution in [3.8, 4) is 11.4 Å². The van der Waals surface area contributed by atoms with E-state index in [1.54, 1.807) is 30.1 Å². The SMILES string of the molecule is COc1ccc(-n2nnnc2/C=C/Nc2ccc(F)c(Cl)c2)cc1. The summed E-state index contributed by atoms with van der Waals surface area (Å²) in [5, 5.41) is 14.6. The summed E-state index contributed by atoms with van der Waals surface area (Å²) in [6.45, 7) is 0. The van der Waals surface area contributed by atoms with Crippen LogP contribution >= 0.6 is 11.6 Å². The van der Waals surface area contributed by atoms with Gasteiger partial charge >= 0.3 is 0 Å². The molecule has 0 atom stereocenters. The number of rotatable bonds is 5. The van der Waals surface area contributed by atoms with Crippen molar-refractivity contribution >= 4 is 23.4 Å². The van der Waals surface area contributed by atoms with E-state index in [-0.39, 0.29) is 5.02 Å². The van der Waals surface area contributed by atoms with E-state index in [0.717, 1.165) is 11.4 Å². The van der Waals surface area contributed by atoms with Gasteiger partial charge in [0, 0.05) is 18.0 Å². The minimum Gasteiger partial charge on any atom is -0.497 e. The molecule has 2 aromatic carbocycles. The van der Waals surface area contributed by atoms with Gasteiger partial charge in [0.25, 0.3) is 0 Å². The molecule has 1 heterocycles. The van der Waals surface area contributed by atoms with Crippen LogP contribution in [0.25, 0.3) is 11.8 Å². The monoisotopic (exact) mass is 345 g/mol. The van der Waals surface area contributed by atoms with Crippen molar-refractivity contribution < 1.29 is 9.13 Å². The summed E-state index contributed by atoms with van der Waals surface area (Å²) in [7, 11) is 1.60. The number of nitrogens with zero attached hydrogens (tertiary/aromatic N) is 4. The maximum absolute atomic E-state index is 13.1. The molecular formula is C16H13ClFN5O. The van der Waals surface area contributed by atoms with Crippen molar-refractivity contribution in [2.24, 2.45) is 0 Å². The summed E-state index contributed by atoms with van der Waals surface area (Å²) in [6, 6.07) is 11.7. The summed E-state index contributed by atoms with van der Waals surface area (Å²) in [6.07, 6.45) is 3.34. The lowest BCUT2D eigenvalue weighted by atomic mass is 10.3. The number of anilines is 1. The standard InChI is InChI=1S/C16H13ClFN5O/c1-24-13-5-3-12(4-6-13)23-16(20-21-22-23)8-9-19-11-2-7-15(18)14(17)10-11/h2-10,19H,1H3/b9-8+. The van der Waals surface area contributed by atoms with Gasteiger partial charge < -0.3 is 10.1 Å². The van der Waals surface area contributed by atoms with Crippen molar-refractivity contribution in [2.45, 2.75) is 0 Å². The molecule has 0 bridgehead atoms. The Morgan fingerprint density at radius 3 is 2.71 bits per heavy atom. The van der Waals surface area contributed by atoms with E-state index in [1.807, 2.05) is 24.3 Å². The number of methoxy groups -OCH3 is 1. The zero-order valence-corrected chi connectivity index (χ0v) is 13.4. The second kappa shape index (κ2) is 7.10. The van der Waals surface area contributed by atoms with E-state index < -0.39 is 5.82 Å². The van der Waals surface area contributed by atoms with Gasteiger partial charge in [0.2, 0.25) is 0 Å². The number of tetrazole rings is 1. The van der Waals surface area contributed by atoms with Crippen LogP contribution in [-0.4, -0.2) is 27.3 Å². The third kappa shape index (κ3) is 3.52. The first-order valence-electron chi connectivity index (χ1n) is 6.98. The molecule has 3 rings (SSSR count). The number of nitrogens with one attached hydrogen (secondary N) is 1. The first-order valence-corrected chi connectivity index (χ1v) is 7.36. The fraction of sp³-hybridized carbons (Fsp3) is 0.0625. The molecule has 0 saturated heterocycles. The molecule has 24 heavy (non-hydrogen) atoms. The largest absolute Gasteiger partial charge is 0.497 e. The summed E-state index contributed by atoms with van der Waals surface area (Å²) in [5.41, 5.74) is 1.45. The van der Waals surface area contributed by atoms with E-state index in [0.29, 0.717) is 11.5 Å². The van der Waals surface area contributed by atoms with Crippen LogP contribution in [0.4, 0.5) is 10.1 Å². The molecule has 1 N–H and O–H groups in total.